The zero-order valence-electron chi connectivity index (χ0n) is 18.0. The summed E-state index contributed by atoms with van der Waals surface area (Å²) in [6.07, 6.45) is 4.11. The summed E-state index contributed by atoms with van der Waals surface area (Å²) in [6.45, 7) is 1.54. The second kappa shape index (κ2) is 10.8. The van der Waals surface area contributed by atoms with E-state index in [4.69, 9.17) is 9.47 Å². The predicted molar refractivity (Wildman–Crippen MR) is 115 cm³/mol. The second-order valence-electron chi connectivity index (χ2n) is 7.76. The van der Waals surface area contributed by atoms with Crippen molar-refractivity contribution < 1.29 is 23.5 Å². The van der Waals surface area contributed by atoms with E-state index in [1.165, 1.54) is 17.0 Å². The first-order valence-corrected chi connectivity index (χ1v) is 10.6. The molecule has 1 aliphatic rings. The Bertz CT molecular complexity index is 899. The van der Waals surface area contributed by atoms with Crippen LogP contribution in [0.3, 0.4) is 0 Å². The molecule has 1 N–H and O–H groups in total. The molecule has 2 aromatic rings. The van der Waals surface area contributed by atoms with Gasteiger partial charge in [0, 0.05) is 12.6 Å². The molecule has 2 aromatic carbocycles. The van der Waals surface area contributed by atoms with Crippen molar-refractivity contribution in [2.45, 2.75) is 51.2 Å². The summed E-state index contributed by atoms with van der Waals surface area (Å²) in [5.74, 6) is -0.480. The Morgan fingerprint density at radius 3 is 2.61 bits per heavy atom. The van der Waals surface area contributed by atoms with Crippen molar-refractivity contribution >= 4 is 11.8 Å². The molecule has 7 heteroatoms. The van der Waals surface area contributed by atoms with E-state index in [0.717, 1.165) is 31.2 Å². The Kier molecular flexibility index (Phi) is 7.87. The average Bonchev–Trinajstić information content (AvgIpc) is 3.29. The summed E-state index contributed by atoms with van der Waals surface area (Å²) >= 11 is 0. The molecule has 2 amide bonds. The third-order valence-electron chi connectivity index (χ3n) is 5.54. The van der Waals surface area contributed by atoms with Crippen LogP contribution >= 0.6 is 0 Å². The fourth-order valence-corrected chi connectivity index (χ4v) is 3.73. The highest BCUT2D eigenvalue weighted by atomic mass is 19.1. The first-order chi connectivity index (χ1) is 15.0. The van der Waals surface area contributed by atoms with Crippen LogP contribution in [-0.4, -0.2) is 42.5 Å². The summed E-state index contributed by atoms with van der Waals surface area (Å²) < 4.78 is 24.5. The summed E-state index contributed by atoms with van der Waals surface area (Å²) in [4.78, 5) is 27.4. The van der Waals surface area contributed by atoms with Gasteiger partial charge in [-0.05, 0) is 49.6 Å². The van der Waals surface area contributed by atoms with Gasteiger partial charge in [0.2, 0.25) is 5.91 Å². The minimum Gasteiger partial charge on any atom is -0.497 e. The summed E-state index contributed by atoms with van der Waals surface area (Å²) in [5, 5.41) is 3.05. The van der Waals surface area contributed by atoms with E-state index in [1.807, 2.05) is 24.3 Å². The maximum Gasteiger partial charge on any atom is 0.261 e. The molecule has 0 unspecified atom stereocenters. The molecule has 6 nitrogen and oxygen atoms in total. The highest BCUT2D eigenvalue weighted by Gasteiger charge is 2.29. The standard InChI is InChI=1S/C24H29FN2O4/c1-17(24(29)26-19-9-3-4-10-19)27(15-18-8-7-11-20(14-18)30-2)23(28)16-31-22-13-6-5-12-21(22)25/h5-8,11-14,17,19H,3-4,9-10,15-16H2,1-2H3,(H,26,29)/t17-/m0/s1. The number of amides is 2. The topological polar surface area (TPSA) is 67.9 Å². The Hall–Kier alpha value is -3.09. The quantitative estimate of drug-likeness (QED) is 0.662. The molecule has 0 radical (unpaired) electrons. The van der Waals surface area contributed by atoms with Crippen LogP contribution in [-0.2, 0) is 16.1 Å². The summed E-state index contributed by atoms with van der Waals surface area (Å²) in [7, 11) is 1.57. The van der Waals surface area contributed by atoms with Crippen molar-refractivity contribution in [2.75, 3.05) is 13.7 Å². The van der Waals surface area contributed by atoms with Crippen molar-refractivity contribution in [3.63, 3.8) is 0 Å². The Balaban J connectivity index is 1.73. The number of methoxy groups -OCH3 is 1. The number of hydrogen-bond acceptors (Lipinski definition) is 4. The van der Waals surface area contributed by atoms with Crippen molar-refractivity contribution in [1.82, 2.24) is 10.2 Å². The minimum absolute atomic E-state index is 0.000223. The number of benzene rings is 2. The fraction of sp³-hybridized carbons (Fsp3) is 0.417. The van der Waals surface area contributed by atoms with E-state index >= 15 is 0 Å². The highest BCUT2D eigenvalue weighted by molar-refractivity contribution is 5.88. The van der Waals surface area contributed by atoms with Crippen LogP contribution in [0.1, 0.15) is 38.2 Å². The molecule has 1 saturated carbocycles. The van der Waals surface area contributed by atoms with Gasteiger partial charge < -0.3 is 19.7 Å². The van der Waals surface area contributed by atoms with E-state index in [2.05, 4.69) is 5.32 Å². The third kappa shape index (κ3) is 6.20. The molecule has 0 saturated heterocycles. The largest absolute Gasteiger partial charge is 0.497 e. The summed E-state index contributed by atoms with van der Waals surface area (Å²) in [6, 6.07) is 12.7. The maximum absolute atomic E-state index is 13.9. The lowest BCUT2D eigenvalue weighted by Crippen LogP contribution is -2.50. The van der Waals surface area contributed by atoms with Crippen LogP contribution in [0, 0.1) is 5.82 Å². The van der Waals surface area contributed by atoms with E-state index in [1.54, 1.807) is 26.2 Å². The lowest BCUT2D eigenvalue weighted by atomic mass is 10.1. The van der Waals surface area contributed by atoms with E-state index < -0.39 is 17.8 Å². The average molecular weight is 429 g/mol. The van der Waals surface area contributed by atoms with Crippen molar-refractivity contribution in [1.29, 1.82) is 0 Å². The molecule has 1 atom stereocenters. The smallest absolute Gasteiger partial charge is 0.261 e. The van der Waals surface area contributed by atoms with Gasteiger partial charge in [-0.2, -0.15) is 0 Å². The number of nitrogens with one attached hydrogen (secondary N) is 1. The van der Waals surface area contributed by atoms with Gasteiger partial charge in [-0.1, -0.05) is 37.1 Å². The molecule has 0 heterocycles. The molecule has 0 aliphatic heterocycles. The molecule has 31 heavy (non-hydrogen) atoms. The monoisotopic (exact) mass is 428 g/mol. The Labute approximate surface area is 182 Å². The minimum atomic E-state index is -0.705. The molecule has 166 valence electrons. The number of rotatable bonds is 9. The Morgan fingerprint density at radius 2 is 1.90 bits per heavy atom. The van der Waals surface area contributed by atoms with Crippen molar-refractivity contribution in [3.05, 3.63) is 59.9 Å². The van der Waals surface area contributed by atoms with Crippen LogP contribution in [0.4, 0.5) is 4.39 Å². The van der Waals surface area contributed by atoms with E-state index in [0.29, 0.717) is 5.75 Å². The van der Waals surface area contributed by atoms with Crippen LogP contribution in [0.5, 0.6) is 11.5 Å². The van der Waals surface area contributed by atoms with Gasteiger partial charge in [0.25, 0.3) is 5.91 Å². The number of halogens is 1. The SMILES string of the molecule is COc1cccc(CN(C(=O)COc2ccccc2F)[C@@H](C)C(=O)NC2CCCC2)c1. The van der Waals surface area contributed by atoms with Gasteiger partial charge >= 0.3 is 0 Å². The molecular formula is C24H29FN2O4. The number of ether oxygens (including phenoxy) is 2. The van der Waals surface area contributed by atoms with Gasteiger partial charge in [-0.25, -0.2) is 4.39 Å². The van der Waals surface area contributed by atoms with Crippen LogP contribution in [0.15, 0.2) is 48.5 Å². The maximum atomic E-state index is 13.9. The number of carbonyl (C=O) groups is 2. The fourth-order valence-electron chi connectivity index (χ4n) is 3.73. The predicted octanol–water partition coefficient (Wildman–Crippen LogP) is 3.69. The lowest BCUT2D eigenvalue weighted by Gasteiger charge is -2.29. The zero-order chi connectivity index (χ0) is 22.2. The number of hydrogen-bond donors (Lipinski definition) is 1. The zero-order valence-corrected chi connectivity index (χ0v) is 18.0. The summed E-state index contributed by atoms with van der Waals surface area (Å²) in [5.41, 5.74) is 0.819. The van der Waals surface area contributed by atoms with E-state index in [-0.39, 0.29) is 30.9 Å². The molecule has 0 aromatic heterocycles. The van der Waals surface area contributed by atoms with Gasteiger partial charge in [0.15, 0.2) is 18.2 Å². The lowest BCUT2D eigenvalue weighted by molar-refractivity contribution is -0.142. The van der Waals surface area contributed by atoms with Gasteiger partial charge in [0.1, 0.15) is 11.8 Å². The van der Waals surface area contributed by atoms with Crippen LogP contribution < -0.4 is 14.8 Å². The van der Waals surface area contributed by atoms with Crippen molar-refractivity contribution in [2.24, 2.45) is 0 Å². The van der Waals surface area contributed by atoms with Crippen LogP contribution in [0.2, 0.25) is 0 Å². The Morgan fingerprint density at radius 1 is 1.16 bits per heavy atom. The number of nitrogens with zero attached hydrogens (tertiary/aromatic N) is 1. The number of para-hydroxylation sites is 1. The first-order valence-electron chi connectivity index (χ1n) is 10.6. The van der Waals surface area contributed by atoms with Crippen molar-refractivity contribution in [3.8, 4) is 11.5 Å². The number of carbonyl (C=O) groups excluding carboxylic acids is 2. The second-order valence-corrected chi connectivity index (χ2v) is 7.76. The molecule has 3 rings (SSSR count). The molecular weight excluding hydrogens is 399 g/mol. The molecule has 1 fully saturated rings. The van der Waals surface area contributed by atoms with E-state index in [9.17, 15) is 14.0 Å². The van der Waals surface area contributed by atoms with Gasteiger partial charge in [0.05, 0.1) is 7.11 Å². The van der Waals surface area contributed by atoms with Gasteiger partial charge in [-0.15, -0.1) is 0 Å². The normalized spacial score (nSPS) is 14.7. The molecule has 0 bridgehead atoms. The first kappa shape index (κ1) is 22.6. The van der Waals surface area contributed by atoms with Gasteiger partial charge in [-0.3, -0.25) is 9.59 Å². The highest BCUT2D eigenvalue weighted by Crippen LogP contribution is 2.20. The third-order valence-corrected chi connectivity index (χ3v) is 5.54. The molecule has 0 spiro atoms. The molecule has 1 aliphatic carbocycles. The van der Waals surface area contributed by atoms with Crippen LogP contribution in [0.25, 0.3) is 0 Å².